The summed E-state index contributed by atoms with van der Waals surface area (Å²) in [5, 5.41) is 17.2. The first-order valence-electron chi connectivity index (χ1n) is 7.13. The van der Waals surface area contributed by atoms with E-state index in [2.05, 4.69) is 24.3 Å². The molecule has 2 aromatic rings. The highest BCUT2D eigenvalue weighted by molar-refractivity contribution is 6.33. The van der Waals surface area contributed by atoms with Crippen LogP contribution in [0.1, 0.15) is 35.5 Å². The molecule has 6 heteroatoms. The highest BCUT2D eigenvalue weighted by atomic mass is 35.5. The van der Waals surface area contributed by atoms with Gasteiger partial charge in [-0.1, -0.05) is 31.5 Å². The zero-order chi connectivity index (χ0) is 16.4. The lowest BCUT2D eigenvalue weighted by Gasteiger charge is -2.08. The van der Waals surface area contributed by atoms with Gasteiger partial charge in [0.05, 0.1) is 16.9 Å². The minimum atomic E-state index is -0.378. The Morgan fingerprint density at radius 3 is 2.68 bits per heavy atom. The third-order valence-electron chi connectivity index (χ3n) is 3.23. The summed E-state index contributed by atoms with van der Waals surface area (Å²) in [7, 11) is 0. The predicted molar refractivity (Wildman–Crippen MR) is 87.6 cm³/mol. The number of amides is 1. The van der Waals surface area contributed by atoms with Crippen LogP contribution in [0.2, 0.25) is 5.15 Å². The number of phenolic OH excluding ortho intramolecular Hbond substituents is 1. The SMILES string of the molecule is Cc1ccc(NC(=O)c2c(C)nn(CC(C)C)c2Cl)c(O)c1. The van der Waals surface area contributed by atoms with Crippen molar-refractivity contribution in [2.24, 2.45) is 5.92 Å². The van der Waals surface area contributed by atoms with E-state index in [0.29, 0.717) is 34.6 Å². The van der Waals surface area contributed by atoms with E-state index in [1.54, 1.807) is 23.7 Å². The number of hydrogen-bond acceptors (Lipinski definition) is 3. The van der Waals surface area contributed by atoms with E-state index in [0.717, 1.165) is 5.56 Å². The molecule has 0 aliphatic carbocycles. The second-order valence-electron chi connectivity index (χ2n) is 5.80. The van der Waals surface area contributed by atoms with Gasteiger partial charge in [0.1, 0.15) is 10.9 Å². The molecule has 2 rings (SSSR count). The molecule has 0 aliphatic rings. The lowest BCUT2D eigenvalue weighted by atomic mass is 10.2. The number of carbonyl (C=O) groups excluding carboxylic acids is 1. The third-order valence-corrected chi connectivity index (χ3v) is 3.62. The molecule has 1 heterocycles. The van der Waals surface area contributed by atoms with Crippen molar-refractivity contribution in [3.05, 3.63) is 40.2 Å². The second kappa shape index (κ2) is 6.40. The van der Waals surface area contributed by atoms with Crippen molar-refractivity contribution in [1.29, 1.82) is 0 Å². The van der Waals surface area contributed by atoms with E-state index in [1.807, 2.05) is 13.0 Å². The number of nitrogens with zero attached hydrogens (tertiary/aromatic N) is 2. The summed E-state index contributed by atoms with van der Waals surface area (Å²) < 4.78 is 1.63. The number of anilines is 1. The highest BCUT2D eigenvalue weighted by Gasteiger charge is 2.21. The molecular formula is C16H20ClN3O2. The van der Waals surface area contributed by atoms with Gasteiger partial charge in [-0.25, -0.2) is 0 Å². The normalized spacial score (nSPS) is 11.0. The standard InChI is InChI=1S/C16H20ClN3O2/c1-9(2)8-20-15(17)14(11(4)19-20)16(22)18-12-6-5-10(3)7-13(12)21/h5-7,9,21H,8H2,1-4H3,(H,18,22). The molecule has 0 radical (unpaired) electrons. The molecule has 1 amide bonds. The van der Waals surface area contributed by atoms with Gasteiger partial charge in [-0.05, 0) is 37.5 Å². The van der Waals surface area contributed by atoms with Crippen molar-refractivity contribution >= 4 is 23.2 Å². The Hall–Kier alpha value is -2.01. The molecule has 0 fully saturated rings. The highest BCUT2D eigenvalue weighted by Crippen LogP contribution is 2.27. The molecule has 0 atom stereocenters. The van der Waals surface area contributed by atoms with Crippen LogP contribution in [0.3, 0.4) is 0 Å². The molecule has 0 saturated heterocycles. The minimum Gasteiger partial charge on any atom is -0.506 e. The number of aryl methyl sites for hydroxylation is 2. The second-order valence-corrected chi connectivity index (χ2v) is 6.16. The fourth-order valence-electron chi connectivity index (χ4n) is 2.21. The van der Waals surface area contributed by atoms with Gasteiger partial charge in [-0.3, -0.25) is 9.48 Å². The minimum absolute atomic E-state index is 0.0247. The Balaban J connectivity index is 2.28. The fraction of sp³-hybridized carbons (Fsp3) is 0.375. The quantitative estimate of drug-likeness (QED) is 0.842. The van der Waals surface area contributed by atoms with Crippen LogP contribution in [-0.4, -0.2) is 20.8 Å². The van der Waals surface area contributed by atoms with Crippen LogP contribution in [-0.2, 0) is 6.54 Å². The van der Waals surface area contributed by atoms with E-state index in [-0.39, 0.29) is 11.7 Å². The van der Waals surface area contributed by atoms with E-state index in [9.17, 15) is 9.90 Å². The van der Waals surface area contributed by atoms with E-state index >= 15 is 0 Å². The van der Waals surface area contributed by atoms with Crippen LogP contribution in [0.15, 0.2) is 18.2 Å². The Kier molecular flexibility index (Phi) is 4.76. The molecule has 0 unspecified atom stereocenters. The van der Waals surface area contributed by atoms with Gasteiger partial charge in [-0.15, -0.1) is 0 Å². The number of aromatic hydroxyl groups is 1. The monoisotopic (exact) mass is 321 g/mol. The molecule has 1 aromatic carbocycles. The zero-order valence-electron chi connectivity index (χ0n) is 13.1. The molecule has 118 valence electrons. The average Bonchev–Trinajstić information content (AvgIpc) is 2.67. The Morgan fingerprint density at radius 1 is 1.41 bits per heavy atom. The van der Waals surface area contributed by atoms with E-state index in [1.165, 1.54) is 0 Å². The first-order chi connectivity index (χ1) is 10.3. The van der Waals surface area contributed by atoms with Gasteiger partial charge in [0, 0.05) is 6.54 Å². The molecule has 0 bridgehead atoms. The van der Waals surface area contributed by atoms with Gasteiger partial charge >= 0.3 is 0 Å². The summed E-state index contributed by atoms with van der Waals surface area (Å²) >= 11 is 6.28. The summed E-state index contributed by atoms with van der Waals surface area (Å²) in [5.74, 6) is 0.0159. The average molecular weight is 322 g/mol. The lowest BCUT2D eigenvalue weighted by molar-refractivity contribution is 0.102. The number of carbonyl (C=O) groups is 1. The van der Waals surface area contributed by atoms with Crippen molar-refractivity contribution in [3.8, 4) is 5.75 Å². The molecule has 5 nitrogen and oxygen atoms in total. The van der Waals surface area contributed by atoms with Crippen molar-refractivity contribution < 1.29 is 9.90 Å². The molecular weight excluding hydrogens is 302 g/mol. The largest absolute Gasteiger partial charge is 0.506 e. The van der Waals surface area contributed by atoms with Crippen LogP contribution in [0, 0.1) is 19.8 Å². The number of aromatic nitrogens is 2. The van der Waals surface area contributed by atoms with Crippen molar-refractivity contribution in [2.75, 3.05) is 5.32 Å². The third kappa shape index (κ3) is 3.42. The van der Waals surface area contributed by atoms with Crippen LogP contribution in [0.4, 0.5) is 5.69 Å². The van der Waals surface area contributed by atoms with Gasteiger partial charge in [0.2, 0.25) is 0 Å². The first-order valence-corrected chi connectivity index (χ1v) is 7.51. The maximum Gasteiger partial charge on any atom is 0.260 e. The summed E-state index contributed by atoms with van der Waals surface area (Å²) in [6.45, 7) is 8.35. The van der Waals surface area contributed by atoms with Gasteiger partial charge in [0.15, 0.2) is 0 Å². The van der Waals surface area contributed by atoms with Crippen molar-refractivity contribution in [3.63, 3.8) is 0 Å². The van der Waals surface area contributed by atoms with Crippen LogP contribution >= 0.6 is 11.6 Å². The molecule has 2 N–H and O–H groups in total. The Bertz CT molecular complexity index is 708. The predicted octanol–water partition coefficient (Wildman–Crippen LogP) is 3.77. The maximum atomic E-state index is 12.4. The molecule has 22 heavy (non-hydrogen) atoms. The number of nitrogens with one attached hydrogen (secondary N) is 1. The van der Waals surface area contributed by atoms with Crippen molar-refractivity contribution in [1.82, 2.24) is 9.78 Å². The van der Waals surface area contributed by atoms with E-state index in [4.69, 9.17) is 11.6 Å². The van der Waals surface area contributed by atoms with Gasteiger partial charge in [-0.2, -0.15) is 5.10 Å². The number of phenols is 1. The first kappa shape index (κ1) is 16.4. The summed E-state index contributed by atoms with van der Waals surface area (Å²) in [4.78, 5) is 12.4. The summed E-state index contributed by atoms with van der Waals surface area (Å²) in [6.07, 6.45) is 0. The number of benzene rings is 1. The van der Waals surface area contributed by atoms with Crippen LogP contribution in [0.25, 0.3) is 0 Å². The van der Waals surface area contributed by atoms with Gasteiger partial charge < -0.3 is 10.4 Å². The summed E-state index contributed by atoms with van der Waals surface area (Å²) in [5.41, 5.74) is 2.16. The molecule has 0 saturated carbocycles. The number of hydrogen-bond donors (Lipinski definition) is 2. The molecule has 0 aliphatic heterocycles. The smallest absolute Gasteiger partial charge is 0.260 e. The maximum absolute atomic E-state index is 12.4. The summed E-state index contributed by atoms with van der Waals surface area (Å²) in [6, 6.07) is 5.06. The molecule has 0 spiro atoms. The Labute approximate surface area is 134 Å². The Morgan fingerprint density at radius 2 is 2.09 bits per heavy atom. The van der Waals surface area contributed by atoms with E-state index < -0.39 is 0 Å². The van der Waals surface area contributed by atoms with Crippen LogP contribution < -0.4 is 5.32 Å². The van der Waals surface area contributed by atoms with Gasteiger partial charge in [0.25, 0.3) is 5.91 Å². The number of rotatable bonds is 4. The topological polar surface area (TPSA) is 67.2 Å². The fourth-order valence-corrected chi connectivity index (χ4v) is 2.54. The molecule has 1 aromatic heterocycles. The number of halogens is 1. The zero-order valence-corrected chi connectivity index (χ0v) is 13.9. The van der Waals surface area contributed by atoms with Crippen molar-refractivity contribution in [2.45, 2.75) is 34.2 Å². The lowest BCUT2D eigenvalue weighted by Crippen LogP contribution is -2.13. The van der Waals surface area contributed by atoms with Crippen LogP contribution in [0.5, 0.6) is 5.75 Å².